The first-order chi connectivity index (χ1) is 3.62. The van der Waals surface area contributed by atoms with Crippen LogP contribution < -0.4 is 0 Å². The molecule has 0 aliphatic heterocycles. The van der Waals surface area contributed by atoms with Gasteiger partial charge in [0.1, 0.15) is 0 Å². The van der Waals surface area contributed by atoms with Crippen LogP contribution in [0.15, 0.2) is 0 Å². The summed E-state index contributed by atoms with van der Waals surface area (Å²) in [7, 11) is 0. The first-order valence-electron chi connectivity index (χ1n) is 2.42. The SMILES string of the molecule is [CH2]C(O)(CO)CCO. The van der Waals surface area contributed by atoms with E-state index in [-0.39, 0.29) is 13.0 Å². The summed E-state index contributed by atoms with van der Waals surface area (Å²) < 4.78 is 0. The van der Waals surface area contributed by atoms with E-state index < -0.39 is 12.2 Å². The van der Waals surface area contributed by atoms with Crippen molar-refractivity contribution in [2.75, 3.05) is 13.2 Å². The van der Waals surface area contributed by atoms with Crippen LogP contribution in [0.1, 0.15) is 6.42 Å². The predicted molar refractivity (Wildman–Crippen MR) is 29.1 cm³/mol. The van der Waals surface area contributed by atoms with Crippen LogP contribution in [0, 0.1) is 6.92 Å². The summed E-state index contributed by atoms with van der Waals surface area (Å²) in [5.74, 6) is 0. The van der Waals surface area contributed by atoms with Crippen molar-refractivity contribution in [3.8, 4) is 0 Å². The summed E-state index contributed by atoms with van der Waals surface area (Å²) in [5, 5.41) is 25.3. The van der Waals surface area contributed by atoms with Gasteiger partial charge in [-0.3, -0.25) is 0 Å². The molecule has 0 fully saturated rings. The Morgan fingerprint density at radius 3 is 2.00 bits per heavy atom. The van der Waals surface area contributed by atoms with Gasteiger partial charge in [0.25, 0.3) is 0 Å². The van der Waals surface area contributed by atoms with Gasteiger partial charge in [0.15, 0.2) is 0 Å². The Morgan fingerprint density at radius 1 is 1.38 bits per heavy atom. The molecule has 0 spiro atoms. The zero-order valence-corrected chi connectivity index (χ0v) is 4.67. The highest BCUT2D eigenvalue weighted by molar-refractivity contribution is 4.78. The maximum Gasteiger partial charge on any atom is 0.0900 e. The van der Waals surface area contributed by atoms with Gasteiger partial charge in [-0.1, -0.05) is 0 Å². The van der Waals surface area contributed by atoms with Crippen molar-refractivity contribution in [1.29, 1.82) is 0 Å². The van der Waals surface area contributed by atoms with E-state index in [1.807, 2.05) is 0 Å². The van der Waals surface area contributed by atoms with E-state index in [1.54, 1.807) is 0 Å². The van der Waals surface area contributed by atoms with Gasteiger partial charge in [0.2, 0.25) is 0 Å². The Labute approximate surface area is 48.6 Å². The molecule has 1 atom stereocenters. The van der Waals surface area contributed by atoms with Crippen LogP contribution in [-0.4, -0.2) is 34.1 Å². The van der Waals surface area contributed by atoms with Crippen molar-refractivity contribution >= 4 is 0 Å². The molecule has 0 heterocycles. The van der Waals surface area contributed by atoms with E-state index in [0.29, 0.717) is 0 Å². The fourth-order valence-corrected chi connectivity index (χ4v) is 0.287. The molecule has 0 amide bonds. The monoisotopic (exact) mass is 119 g/mol. The zero-order valence-electron chi connectivity index (χ0n) is 4.67. The van der Waals surface area contributed by atoms with Gasteiger partial charge < -0.3 is 15.3 Å². The van der Waals surface area contributed by atoms with Crippen LogP contribution in [0.25, 0.3) is 0 Å². The summed E-state index contributed by atoms with van der Waals surface area (Å²) >= 11 is 0. The molecule has 0 saturated carbocycles. The van der Waals surface area contributed by atoms with E-state index >= 15 is 0 Å². The molecule has 0 rings (SSSR count). The molecule has 1 radical (unpaired) electrons. The van der Waals surface area contributed by atoms with Crippen LogP contribution in [0.5, 0.6) is 0 Å². The third-order valence-electron chi connectivity index (χ3n) is 0.871. The molecule has 0 aromatic rings. The van der Waals surface area contributed by atoms with E-state index in [0.717, 1.165) is 0 Å². The summed E-state index contributed by atoms with van der Waals surface area (Å²) in [6.07, 6.45) is 0.115. The highest BCUT2D eigenvalue weighted by Gasteiger charge is 2.17. The van der Waals surface area contributed by atoms with Crippen LogP contribution in [0.4, 0.5) is 0 Å². The Kier molecular flexibility index (Phi) is 2.97. The minimum Gasteiger partial charge on any atom is -0.396 e. The Hall–Kier alpha value is -0.120. The first-order valence-corrected chi connectivity index (χ1v) is 2.42. The summed E-state index contributed by atoms with van der Waals surface area (Å²) in [6, 6.07) is 0. The second kappa shape index (κ2) is 3.02. The highest BCUT2D eigenvalue weighted by Crippen LogP contribution is 2.04. The number of hydrogen-bond acceptors (Lipinski definition) is 3. The lowest BCUT2D eigenvalue weighted by Crippen LogP contribution is -2.30. The number of rotatable bonds is 3. The quantitative estimate of drug-likeness (QED) is 0.443. The molecule has 0 aromatic heterocycles. The number of aliphatic hydroxyl groups is 3. The molecule has 8 heavy (non-hydrogen) atoms. The molecule has 0 bridgehead atoms. The summed E-state index contributed by atoms with van der Waals surface area (Å²) in [6.45, 7) is 2.66. The van der Waals surface area contributed by atoms with Crippen LogP contribution in [-0.2, 0) is 0 Å². The van der Waals surface area contributed by atoms with Crippen LogP contribution >= 0.6 is 0 Å². The van der Waals surface area contributed by atoms with Gasteiger partial charge in [-0.15, -0.1) is 0 Å². The molecule has 0 aromatic carbocycles. The third kappa shape index (κ3) is 2.96. The van der Waals surface area contributed by atoms with Gasteiger partial charge in [-0.25, -0.2) is 0 Å². The smallest absolute Gasteiger partial charge is 0.0900 e. The van der Waals surface area contributed by atoms with Gasteiger partial charge in [0.05, 0.1) is 12.2 Å². The summed E-state index contributed by atoms with van der Waals surface area (Å²) in [5.41, 5.74) is -1.35. The molecule has 49 valence electrons. The standard InChI is InChI=1S/C5H11O3/c1-5(8,4-7)2-3-6/h6-8H,1-4H2. The maximum atomic E-state index is 8.80. The highest BCUT2D eigenvalue weighted by atomic mass is 16.3. The molecule has 3 N–H and O–H groups in total. The van der Waals surface area contributed by atoms with E-state index in [1.165, 1.54) is 0 Å². The lowest BCUT2D eigenvalue weighted by atomic mass is 10.1. The average Bonchev–Trinajstić information content (AvgIpc) is 1.67. The van der Waals surface area contributed by atoms with E-state index in [4.69, 9.17) is 15.3 Å². The van der Waals surface area contributed by atoms with Crippen molar-refractivity contribution in [2.24, 2.45) is 0 Å². The molecule has 3 nitrogen and oxygen atoms in total. The molecule has 0 aliphatic rings. The van der Waals surface area contributed by atoms with E-state index in [2.05, 4.69) is 6.92 Å². The number of aliphatic hydroxyl groups excluding tert-OH is 2. The van der Waals surface area contributed by atoms with Crippen molar-refractivity contribution in [3.05, 3.63) is 6.92 Å². The van der Waals surface area contributed by atoms with Gasteiger partial charge in [-0.05, 0) is 6.92 Å². The molecule has 0 saturated heterocycles. The minimum atomic E-state index is -1.35. The van der Waals surface area contributed by atoms with Crippen LogP contribution in [0.2, 0.25) is 0 Å². The molecular formula is C5H11O3. The molecular weight excluding hydrogens is 108 g/mol. The van der Waals surface area contributed by atoms with Crippen LogP contribution in [0.3, 0.4) is 0 Å². The van der Waals surface area contributed by atoms with Crippen molar-refractivity contribution in [2.45, 2.75) is 12.0 Å². The van der Waals surface area contributed by atoms with Crippen molar-refractivity contribution in [3.63, 3.8) is 0 Å². The van der Waals surface area contributed by atoms with Gasteiger partial charge in [-0.2, -0.15) is 0 Å². The Balaban J connectivity index is 3.37. The second-order valence-corrected chi connectivity index (χ2v) is 1.86. The van der Waals surface area contributed by atoms with Crippen molar-refractivity contribution < 1.29 is 15.3 Å². The largest absolute Gasteiger partial charge is 0.396 e. The van der Waals surface area contributed by atoms with Gasteiger partial charge in [0, 0.05) is 13.0 Å². The average molecular weight is 119 g/mol. The first kappa shape index (κ1) is 7.88. The van der Waals surface area contributed by atoms with E-state index in [9.17, 15) is 0 Å². The second-order valence-electron chi connectivity index (χ2n) is 1.86. The predicted octanol–water partition coefficient (Wildman–Crippen LogP) is -1.07. The molecule has 1 unspecified atom stereocenters. The lowest BCUT2D eigenvalue weighted by molar-refractivity contribution is 0.00552. The normalized spacial score (nSPS) is 18.0. The zero-order chi connectivity index (χ0) is 6.62. The maximum absolute atomic E-state index is 8.80. The molecule has 0 aliphatic carbocycles. The molecule has 3 heteroatoms. The third-order valence-corrected chi connectivity index (χ3v) is 0.871. The van der Waals surface area contributed by atoms with Crippen molar-refractivity contribution in [1.82, 2.24) is 0 Å². The minimum absolute atomic E-state index is 0.115. The Bertz CT molecular complexity index is 60.7. The topological polar surface area (TPSA) is 60.7 Å². The lowest BCUT2D eigenvalue weighted by Gasteiger charge is -2.17. The Morgan fingerprint density at radius 2 is 1.88 bits per heavy atom. The van der Waals surface area contributed by atoms with Gasteiger partial charge >= 0.3 is 0 Å². The number of hydrogen-bond donors (Lipinski definition) is 3. The fourth-order valence-electron chi connectivity index (χ4n) is 0.287. The summed E-state index contributed by atoms with van der Waals surface area (Å²) in [4.78, 5) is 0. The fraction of sp³-hybridized carbons (Fsp3) is 0.800.